The Labute approximate surface area is 154 Å². The lowest BCUT2D eigenvalue weighted by atomic mass is 9.89. The fourth-order valence-corrected chi connectivity index (χ4v) is 2.99. The van der Waals surface area contributed by atoms with Crippen molar-refractivity contribution in [1.29, 1.82) is 0 Å². The second-order valence-electron chi connectivity index (χ2n) is 6.45. The smallest absolute Gasteiger partial charge is 0.311 e. The third-order valence-electron chi connectivity index (χ3n) is 4.33. The van der Waals surface area contributed by atoms with E-state index in [4.69, 9.17) is 9.47 Å². The van der Waals surface area contributed by atoms with Crippen LogP contribution in [0.2, 0.25) is 0 Å². The van der Waals surface area contributed by atoms with E-state index in [1.54, 1.807) is 19.2 Å². The first-order valence-corrected chi connectivity index (χ1v) is 9.10. The summed E-state index contributed by atoms with van der Waals surface area (Å²) in [7, 11) is 1.71. The Bertz CT molecular complexity index is 606. The van der Waals surface area contributed by atoms with Crippen molar-refractivity contribution in [2.45, 2.75) is 38.0 Å². The van der Waals surface area contributed by atoms with Gasteiger partial charge in [-0.25, -0.2) is 0 Å². The van der Waals surface area contributed by atoms with Gasteiger partial charge in [0, 0.05) is 45.2 Å². The van der Waals surface area contributed by atoms with E-state index in [0.717, 1.165) is 38.0 Å². The molecule has 1 amide bonds. The van der Waals surface area contributed by atoms with Crippen molar-refractivity contribution in [3.8, 4) is 11.5 Å². The molecule has 0 radical (unpaired) electrons. The Hall–Kier alpha value is -2.12. The van der Waals surface area contributed by atoms with Crippen LogP contribution in [0, 0.1) is 0 Å². The molecule has 0 fully saturated rings. The molecule has 1 unspecified atom stereocenters. The number of ether oxygens (including phenoxy) is 2. The number of nitrogens with one attached hydrogen (secondary N) is 2. The number of hydrogen-bond donors (Lipinski definition) is 3. The first-order chi connectivity index (χ1) is 12.6. The van der Waals surface area contributed by atoms with Gasteiger partial charge in [0.25, 0.3) is 0 Å². The van der Waals surface area contributed by atoms with Gasteiger partial charge in [0.05, 0.1) is 6.42 Å². The number of esters is 1. The highest BCUT2D eigenvalue weighted by atomic mass is 16.5. The van der Waals surface area contributed by atoms with Crippen LogP contribution in [0.1, 0.15) is 43.6 Å². The zero-order valence-corrected chi connectivity index (χ0v) is 15.3. The molecule has 0 bridgehead atoms. The lowest BCUT2D eigenvalue weighted by Gasteiger charge is -2.24. The van der Waals surface area contributed by atoms with Gasteiger partial charge in [-0.1, -0.05) is 6.07 Å². The molecule has 3 N–H and O–H groups in total. The van der Waals surface area contributed by atoms with E-state index in [2.05, 4.69) is 10.6 Å². The van der Waals surface area contributed by atoms with Crippen LogP contribution in [0.15, 0.2) is 18.2 Å². The number of carbonyl (C=O) groups excluding carboxylic acids is 2. The summed E-state index contributed by atoms with van der Waals surface area (Å²) < 4.78 is 10.1. The fraction of sp³-hybridized carbons (Fsp3) is 0.579. The maximum atomic E-state index is 12.1. The minimum atomic E-state index is -0.379. The van der Waals surface area contributed by atoms with Gasteiger partial charge in [-0.15, -0.1) is 0 Å². The Morgan fingerprint density at radius 2 is 2.12 bits per heavy atom. The first kappa shape index (κ1) is 20.2. The molecule has 0 spiro atoms. The molecule has 1 aromatic carbocycles. The molecule has 1 aliphatic rings. The third-order valence-corrected chi connectivity index (χ3v) is 4.33. The minimum Gasteiger partial charge on any atom is -0.508 e. The number of carbonyl (C=O) groups is 2. The third kappa shape index (κ3) is 6.65. The van der Waals surface area contributed by atoms with Crippen molar-refractivity contribution in [3.63, 3.8) is 0 Å². The number of rotatable bonds is 11. The molecular weight excluding hydrogens is 336 g/mol. The molecule has 144 valence electrons. The molecule has 7 heteroatoms. The van der Waals surface area contributed by atoms with Gasteiger partial charge in [-0.3, -0.25) is 9.59 Å². The van der Waals surface area contributed by atoms with Crippen LogP contribution >= 0.6 is 0 Å². The molecule has 0 saturated carbocycles. The second kappa shape index (κ2) is 10.8. The Balaban J connectivity index is 1.66. The van der Waals surface area contributed by atoms with Gasteiger partial charge in [-0.2, -0.15) is 0 Å². The number of phenolic OH excluding ortho intramolecular Hbond substituents is 1. The summed E-state index contributed by atoms with van der Waals surface area (Å²) in [5, 5.41) is 15.7. The predicted molar refractivity (Wildman–Crippen MR) is 97.3 cm³/mol. The van der Waals surface area contributed by atoms with Crippen molar-refractivity contribution in [1.82, 2.24) is 10.6 Å². The summed E-state index contributed by atoms with van der Waals surface area (Å²) >= 11 is 0. The van der Waals surface area contributed by atoms with Crippen molar-refractivity contribution in [2.24, 2.45) is 0 Å². The van der Waals surface area contributed by atoms with E-state index in [9.17, 15) is 14.7 Å². The topological polar surface area (TPSA) is 96.9 Å². The SMILES string of the molecule is COCCCCCNCCNC(=O)CC1CC(=O)Oc2cc(O)ccc21. The zero-order chi connectivity index (χ0) is 18.8. The predicted octanol–water partition coefficient (Wildman–Crippen LogP) is 1.70. The summed E-state index contributed by atoms with van der Waals surface area (Å²) in [5.41, 5.74) is 0.784. The van der Waals surface area contributed by atoms with E-state index in [0.29, 0.717) is 18.8 Å². The summed E-state index contributed by atoms with van der Waals surface area (Å²) in [6.45, 7) is 2.99. The number of fused-ring (bicyclic) bond motifs is 1. The average Bonchev–Trinajstić information content (AvgIpc) is 2.59. The van der Waals surface area contributed by atoms with Gasteiger partial charge in [0.15, 0.2) is 0 Å². The molecule has 1 aliphatic heterocycles. The van der Waals surface area contributed by atoms with Crippen LogP contribution in [-0.2, 0) is 14.3 Å². The van der Waals surface area contributed by atoms with Crippen LogP contribution in [0.3, 0.4) is 0 Å². The number of unbranched alkanes of at least 4 members (excludes halogenated alkanes) is 2. The minimum absolute atomic E-state index is 0.0370. The summed E-state index contributed by atoms with van der Waals surface area (Å²) in [4.78, 5) is 23.8. The maximum Gasteiger partial charge on any atom is 0.311 e. The van der Waals surface area contributed by atoms with Crippen molar-refractivity contribution in [2.75, 3.05) is 33.4 Å². The molecule has 2 rings (SSSR count). The average molecular weight is 364 g/mol. The molecular formula is C19H28N2O5. The van der Waals surface area contributed by atoms with Gasteiger partial charge in [0.1, 0.15) is 11.5 Å². The highest BCUT2D eigenvalue weighted by molar-refractivity contribution is 5.81. The van der Waals surface area contributed by atoms with Crippen molar-refractivity contribution >= 4 is 11.9 Å². The van der Waals surface area contributed by atoms with E-state index in [-0.39, 0.29) is 36.4 Å². The Kier molecular flexibility index (Phi) is 8.37. The van der Waals surface area contributed by atoms with Gasteiger partial charge in [-0.05, 0) is 37.4 Å². The van der Waals surface area contributed by atoms with E-state index in [1.807, 2.05) is 0 Å². The number of hydrogen-bond acceptors (Lipinski definition) is 6. The fourth-order valence-electron chi connectivity index (χ4n) is 2.99. The zero-order valence-electron chi connectivity index (χ0n) is 15.3. The normalized spacial score (nSPS) is 16.0. The molecule has 1 atom stereocenters. The number of benzene rings is 1. The lowest BCUT2D eigenvalue weighted by molar-refractivity contribution is -0.136. The molecule has 1 aromatic rings. The highest BCUT2D eigenvalue weighted by Gasteiger charge is 2.29. The largest absolute Gasteiger partial charge is 0.508 e. The highest BCUT2D eigenvalue weighted by Crippen LogP contribution is 2.38. The van der Waals surface area contributed by atoms with Gasteiger partial charge >= 0.3 is 5.97 Å². The number of phenols is 1. The molecule has 0 aliphatic carbocycles. The van der Waals surface area contributed by atoms with Gasteiger partial charge < -0.3 is 25.2 Å². The van der Waals surface area contributed by atoms with Crippen LogP contribution in [-0.4, -0.2) is 50.3 Å². The molecule has 0 saturated heterocycles. The standard InChI is InChI=1S/C19H28N2O5/c1-25-10-4-2-3-7-20-8-9-21-18(23)11-14-12-19(24)26-17-13-15(22)5-6-16(14)17/h5-6,13-14,20,22H,2-4,7-12H2,1H3,(H,21,23). The van der Waals surface area contributed by atoms with Crippen LogP contribution < -0.4 is 15.4 Å². The van der Waals surface area contributed by atoms with Crippen LogP contribution in [0.4, 0.5) is 0 Å². The quantitative estimate of drug-likeness (QED) is 0.314. The number of methoxy groups -OCH3 is 1. The summed E-state index contributed by atoms with van der Waals surface area (Å²) in [6, 6.07) is 4.66. The molecule has 0 aromatic heterocycles. The van der Waals surface area contributed by atoms with E-state index >= 15 is 0 Å². The van der Waals surface area contributed by atoms with E-state index < -0.39 is 0 Å². The number of amides is 1. The number of aromatic hydroxyl groups is 1. The lowest BCUT2D eigenvalue weighted by Crippen LogP contribution is -2.33. The maximum absolute atomic E-state index is 12.1. The molecule has 26 heavy (non-hydrogen) atoms. The summed E-state index contributed by atoms with van der Waals surface area (Å²) in [5.74, 6) is -0.314. The van der Waals surface area contributed by atoms with E-state index in [1.165, 1.54) is 6.07 Å². The van der Waals surface area contributed by atoms with Crippen LogP contribution in [0.5, 0.6) is 11.5 Å². The summed E-state index contributed by atoms with van der Waals surface area (Å²) in [6.07, 6.45) is 3.68. The van der Waals surface area contributed by atoms with Crippen LogP contribution in [0.25, 0.3) is 0 Å². The second-order valence-corrected chi connectivity index (χ2v) is 6.45. The Morgan fingerprint density at radius 1 is 1.27 bits per heavy atom. The molecule has 7 nitrogen and oxygen atoms in total. The first-order valence-electron chi connectivity index (χ1n) is 9.10. The van der Waals surface area contributed by atoms with Gasteiger partial charge in [0.2, 0.25) is 5.91 Å². The van der Waals surface area contributed by atoms with Crippen molar-refractivity contribution in [3.05, 3.63) is 23.8 Å². The monoisotopic (exact) mass is 364 g/mol. The molecule has 1 heterocycles. The Morgan fingerprint density at radius 3 is 2.92 bits per heavy atom. The van der Waals surface area contributed by atoms with Crippen molar-refractivity contribution < 1.29 is 24.2 Å².